The fraction of sp³-hybridized carbons (Fsp3) is 0.538. The van der Waals surface area contributed by atoms with Crippen molar-refractivity contribution in [3.8, 4) is 5.75 Å². The van der Waals surface area contributed by atoms with Crippen molar-refractivity contribution < 1.29 is 4.74 Å². The third-order valence-corrected chi connectivity index (χ3v) is 3.20. The number of hydrogen-bond donors (Lipinski definition) is 1. The number of anilines is 1. The average molecular weight is 257 g/mol. The van der Waals surface area contributed by atoms with Gasteiger partial charge in [-0.3, -0.25) is 0 Å². The van der Waals surface area contributed by atoms with Crippen LogP contribution in [0.5, 0.6) is 5.75 Å². The van der Waals surface area contributed by atoms with Crippen molar-refractivity contribution in [3.05, 3.63) is 22.7 Å². The van der Waals surface area contributed by atoms with E-state index in [4.69, 9.17) is 22.1 Å². The Morgan fingerprint density at radius 2 is 2.12 bits per heavy atom. The van der Waals surface area contributed by atoms with E-state index in [1.807, 2.05) is 33.0 Å². The van der Waals surface area contributed by atoms with E-state index in [1.54, 1.807) is 7.11 Å². The fourth-order valence-corrected chi connectivity index (χ4v) is 1.78. The van der Waals surface area contributed by atoms with E-state index in [2.05, 4.69) is 4.90 Å². The molecule has 0 spiro atoms. The molecule has 96 valence electrons. The third-order valence-electron chi connectivity index (χ3n) is 2.79. The molecule has 3 nitrogen and oxygen atoms in total. The van der Waals surface area contributed by atoms with E-state index in [9.17, 15) is 0 Å². The molecule has 0 aliphatic carbocycles. The SMILES string of the molecule is COc1cc(C)c(Cl)cc1N(C)CCC(C)N. The first-order valence-corrected chi connectivity index (χ1v) is 6.14. The smallest absolute Gasteiger partial charge is 0.142 e. The van der Waals surface area contributed by atoms with Gasteiger partial charge in [0, 0.05) is 24.7 Å². The zero-order chi connectivity index (χ0) is 13.0. The van der Waals surface area contributed by atoms with Crippen molar-refractivity contribution in [2.45, 2.75) is 26.3 Å². The monoisotopic (exact) mass is 256 g/mol. The molecule has 2 N–H and O–H groups in total. The molecule has 1 unspecified atom stereocenters. The molecule has 0 saturated heterocycles. The van der Waals surface area contributed by atoms with Gasteiger partial charge in [-0.2, -0.15) is 0 Å². The lowest BCUT2D eigenvalue weighted by Gasteiger charge is -2.23. The van der Waals surface area contributed by atoms with Crippen LogP contribution in [-0.2, 0) is 0 Å². The normalized spacial score (nSPS) is 12.4. The zero-order valence-electron chi connectivity index (χ0n) is 11.0. The van der Waals surface area contributed by atoms with Gasteiger partial charge in [0.05, 0.1) is 12.8 Å². The minimum Gasteiger partial charge on any atom is -0.495 e. The van der Waals surface area contributed by atoms with Crippen molar-refractivity contribution in [2.75, 3.05) is 25.6 Å². The van der Waals surface area contributed by atoms with E-state index in [0.29, 0.717) is 0 Å². The number of nitrogens with zero attached hydrogens (tertiary/aromatic N) is 1. The first-order valence-electron chi connectivity index (χ1n) is 5.76. The first-order chi connectivity index (χ1) is 7.95. The Kier molecular flexibility index (Phi) is 5.09. The third kappa shape index (κ3) is 3.79. The number of nitrogens with two attached hydrogens (primary N) is 1. The maximum Gasteiger partial charge on any atom is 0.142 e. The summed E-state index contributed by atoms with van der Waals surface area (Å²) >= 11 is 6.14. The number of ether oxygens (including phenoxy) is 1. The number of benzene rings is 1. The van der Waals surface area contributed by atoms with Crippen LogP contribution in [0.3, 0.4) is 0 Å². The Labute approximate surface area is 109 Å². The van der Waals surface area contributed by atoms with Crippen LogP contribution in [0, 0.1) is 6.92 Å². The zero-order valence-corrected chi connectivity index (χ0v) is 11.7. The first kappa shape index (κ1) is 14.1. The number of halogens is 1. The summed E-state index contributed by atoms with van der Waals surface area (Å²) in [5.41, 5.74) is 7.78. The van der Waals surface area contributed by atoms with E-state index in [-0.39, 0.29) is 6.04 Å². The number of methoxy groups -OCH3 is 1. The molecule has 4 heteroatoms. The van der Waals surface area contributed by atoms with Crippen LogP contribution in [0.2, 0.25) is 5.02 Å². The molecule has 0 saturated carbocycles. The van der Waals surface area contributed by atoms with Crippen molar-refractivity contribution in [2.24, 2.45) is 5.73 Å². The molecule has 1 atom stereocenters. The minimum absolute atomic E-state index is 0.198. The van der Waals surface area contributed by atoms with E-state index in [1.165, 1.54) is 0 Å². The predicted octanol–water partition coefficient (Wildman–Crippen LogP) is 2.83. The van der Waals surface area contributed by atoms with Crippen LogP contribution in [0.25, 0.3) is 0 Å². The molecule has 0 radical (unpaired) electrons. The molecule has 1 aromatic rings. The van der Waals surface area contributed by atoms with Crippen LogP contribution >= 0.6 is 11.6 Å². The highest BCUT2D eigenvalue weighted by molar-refractivity contribution is 6.31. The Balaban J connectivity index is 2.91. The summed E-state index contributed by atoms with van der Waals surface area (Å²) in [6, 6.07) is 4.10. The van der Waals surface area contributed by atoms with E-state index in [0.717, 1.165) is 35.0 Å². The second-order valence-electron chi connectivity index (χ2n) is 4.46. The van der Waals surface area contributed by atoms with Crippen molar-refractivity contribution in [1.29, 1.82) is 0 Å². The van der Waals surface area contributed by atoms with Gasteiger partial charge in [-0.05, 0) is 38.0 Å². The maximum absolute atomic E-state index is 6.14. The van der Waals surface area contributed by atoms with Crippen LogP contribution in [0.15, 0.2) is 12.1 Å². The summed E-state index contributed by atoms with van der Waals surface area (Å²) in [4.78, 5) is 2.12. The van der Waals surface area contributed by atoms with E-state index < -0.39 is 0 Å². The van der Waals surface area contributed by atoms with Gasteiger partial charge in [0.2, 0.25) is 0 Å². The van der Waals surface area contributed by atoms with Crippen molar-refractivity contribution in [3.63, 3.8) is 0 Å². The minimum atomic E-state index is 0.198. The largest absolute Gasteiger partial charge is 0.495 e. The maximum atomic E-state index is 6.14. The standard InChI is InChI=1S/C13H21ClN2O/c1-9-7-13(17-4)12(8-11(9)14)16(3)6-5-10(2)15/h7-8,10H,5-6,15H2,1-4H3. The predicted molar refractivity (Wildman–Crippen MR) is 74.3 cm³/mol. The lowest BCUT2D eigenvalue weighted by atomic mass is 10.1. The highest BCUT2D eigenvalue weighted by Crippen LogP contribution is 2.33. The average Bonchev–Trinajstić information content (AvgIpc) is 2.28. The molecular weight excluding hydrogens is 236 g/mol. The molecule has 1 aromatic carbocycles. The van der Waals surface area contributed by atoms with Gasteiger partial charge in [-0.25, -0.2) is 0 Å². The summed E-state index contributed by atoms with van der Waals surface area (Å²) < 4.78 is 5.38. The Morgan fingerprint density at radius 3 is 2.65 bits per heavy atom. The topological polar surface area (TPSA) is 38.5 Å². The summed E-state index contributed by atoms with van der Waals surface area (Å²) in [6.07, 6.45) is 0.936. The number of aryl methyl sites for hydroxylation is 1. The molecule has 0 bridgehead atoms. The van der Waals surface area contributed by atoms with Gasteiger partial charge < -0.3 is 15.4 Å². The molecule has 1 rings (SSSR count). The van der Waals surface area contributed by atoms with Gasteiger partial charge in [0.15, 0.2) is 0 Å². The molecule has 0 aliphatic rings. The Hall–Kier alpha value is -0.930. The molecular formula is C13H21ClN2O. The van der Waals surface area contributed by atoms with Crippen LogP contribution in [0.1, 0.15) is 18.9 Å². The second-order valence-corrected chi connectivity index (χ2v) is 4.87. The van der Waals surface area contributed by atoms with Crippen molar-refractivity contribution in [1.82, 2.24) is 0 Å². The molecule has 0 aliphatic heterocycles. The molecule has 17 heavy (non-hydrogen) atoms. The van der Waals surface area contributed by atoms with E-state index >= 15 is 0 Å². The molecule has 0 aromatic heterocycles. The van der Waals surface area contributed by atoms with Gasteiger partial charge >= 0.3 is 0 Å². The van der Waals surface area contributed by atoms with Crippen LogP contribution < -0.4 is 15.4 Å². The number of rotatable bonds is 5. The molecule has 0 heterocycles. The number of hydrogen-bond acceptors (Lipinski definition) is 3. The van der Waals surface area contributed by atoms with Crippen molar-refractivity contribution >= 4 is 17.3 Å². The summed E-state index contributed by atoms with van der Waals surface area (Å²) in [5.74, 6) is 0.846. The van der Waals surface area contributed by atoms with Gasteiger partial charge in [-0.15, -0.1) is 0 Å². The second kappa shape index (κ2) is 6.12. The summed E-state index contributed by atoms with van der Waals surface area (Å²) in [7, 11) is 3.69. The van der Waals surface area contributed by atoms with Gasteiger partial charge in [0.25, 0.3) is 0 Å². The Bertz CT molecular complexity index is 380. The molecule has 0 fully saturated rings. The fourth-order valence-electron chi connectivity index (χ4n) is 1.62. The van der Waals surface area contributed by atoms with Gasteiger partial charge in [0.1, 0.15) is 5.75 Å². The van der Waals surface area contributed by atoms with Crippen LogP contribution in [-0.4, -0.2) is 26.7 Å². The lowest BCUT2D eigenvalue weighted by Crippen LogP contribution is -2.26. The quantitative estimate of drug-likeness (QED) is 0.881. The molecule has 0 amide bonds. The van der Waals surface area contributed by atoms with Crippen LogP contribution in [0.4, 0.5) is 5.69 Å². The lowest BCUT2D eigenvalue weighted by molar-refractivity contribution is 0.414. The van der Waals surface area contributed by atoms with Gasteiger partial charge in [-0.1, -0.05) is 11.6 Å². The highest BCUT2D eigenvalue weighted by atomic mass is 35.5. The summed E-state index contributed by atoms with van der Waals surface area (Å²) in [6.45, 7) is 4.86. The highest BCUT2D eigenvalue weighted by Gasteiger charge is 2.11. The summed E-state index contributed by atoms with van der Waals surface area (Å²) in [5, 5.41) is 0.758. The Morgan fingerprint density at radius 1 is 1.47 bits per heavy atom.